The topological polar surface area (TPSA) is 65.7 Å². The molecule has 118 valence electrons. The Hall–Kier alpha value is -1.45. The van der Waals surface area contributed by atoms with E-state index in [9.17, 15) is 5.11 Å². The highest BCUT2D eigenvalue weighted by atomic mass is 16.5. The van der Waals surface area contributed by atoms with Gasteiger partial charge in [-0.05, 0) is 17.7 Å². The van der Waals surface area contributed by atoms with Crippen molar-refractivity contribution in [2.75, 3.05) is 39.5 Å². The van der Waals surface area contributed by atoms with E-state index in [1.165, 1.54) is 0 Å². The summed E-state index contributed by atoms with van der Waals surface area (Å²) in [6.45, 7) is 4.15. The Labute approximate surface area is 131 Å². The molecule has 0 radical (unpaired) electrons. The number of β-amino-alcohol motifs (C(OH)–C–C–N with tert-alkyl or cyclic N) is 1. The van der Waals surface area contributed by atoms with E-state index in [0.717, 1.165) is 18.7 Å². The predicted octanol–water partition coefficient (Wildman–Crippen LogP) is 1.47. The quantitative estimate of drug-likeness (QED) is 0.916. The number of hydrogen-bond donors (Lipinski definition) is 1. The van der Waals surface area contributed by atoms with Gasteiger partial charge in [0.1, 0.15) is 0 Å². The van der Waals surface area contributed by atoms with Crippen LogP contribution in [-0.2, 0) is 9.47 Å². The summed E-state index contributed by atoms with van der Waals surface area (Å²) in [5.41, 5.74) is 1.04. The largest absolute Gasteiger partial charge is 0.388 e. The normalized spacial score (nSPS) is 25.5. The van der Waals surface area contributed by atoms with Crippen LogP contribution in [-0.4, -0.2) is 55.1 Å². The van der Waals surface area contributed by atoms with Gasteiger partial charge in [-0.15, -0.1) is 0 Å². The third-order valence-electron chi connectivity index (χ3n) is 4.48. The Balaban J connectivity index is 1.65. The zero-order chi connectivity index (χ0) is 15.4. The van der Waals surface area contributed by atoms with Crippen molar-refractivity contribution in [2.24, 2.45) is 0 Å². The highest BCUT2D eigenvalue weighted by Crippen LogP contribution is 2.27. The Morgan fingerprint density at radius 3 is 2.91 bits per heavy atom. The Morgan fingerprint density at radius 1 is 1.32 bits per heavy atom. The van der Waals surface area contributed by atoms with Gasteiger partial charge in [-0.3, -0.25) is 4.90 Å². The maximum atomic E-state index is 10.7. The second kappa shape index (κ2) is 6.76. The van der Waals surface area contributed by atoms with Crippen molar-refractivity contribution < 1.29 is 14.6 Å². The molecular weight excluding hydrogens is 280 g/mol. The molecule has 0 spiro atoms. The van der Waals surface area contributed by atoms with Gasteiger partial charge >= 0.3 is 0 Å². The molecule has 0 bridgehead atoms. The maximum absolute atomic E-state index is 10.7. The Morgan fingerprint density at radius 2 is 2.14 bits per heavy atom. The minimum absolute atomic E-state index is 0.0366. The predicted molar refractivity (Wildman–Crippen MR) is 81.3 cm³/mol. The van der Waals surface area contributed by atoms with Crippen LogP contribution in [0.5, 0.6) is 0 Å². The number of nitrogens with zero attached hydrogens (tertiary/aromatic N) is 2. The van der Waals surface area contributed by atoms with Gasteiger partial charge in [0.25, 0.3) is 0 Å². The van der Waals surface area contributed by atoms with Crippen LogP contribution >= 0.6 is 0 Å². The van der Waals surface area contributed by atoms with Crippen LogP contribution in [0.15, 0.2) is 24.3 Å². The molecule has 1 aromatic carbocycles. The number of hydrogen-bond acceptors (Lipinski definition) is 5. The summed E-state index contributed by atoms with van der Waals surface area (Å²) in [4.78, 5) is 2.26. The minimum atomic E-state index is -0.644. The highest BCUT2D eigenvalue weighted by Gasteiger charge is 2.34. The first kappa shape index (κ1) is 15.4. The average molecular weight is 302 g/mol. The smallest absolute Gasteiger partial charge is 0.0991 e. The number of benzene rings is 1. The van der Waals surface area contributed by atoms with Crippen LogP contribution < -0.4 is 0 Å². The first-order chi connectivity index (χ1) is 10.7. The van der Waals surface area contributed by atoms with Crippen molar-refractivity contribution in [1.82, 2.24) is 4.90 Å². The first-order valence-electron chi connectivity index (χ1n) is 7.83. The number of ether oxygens (including phenoxy) is 2. The van der Waals surface area contributed by atoms with Crippen LogP contribution in [0.4, 0.5) is 0 Å². The third kappa shape index (κ3) is 3.65. The molecule has 3 rings (SSSR count). The summed E-state index contributed by atoms with van der Waals surface area (Å²) < 4.78 is 11.2. The molecule has 1 unspecified atom stereocenters. The van der Waals surface area contributed by atoms with Gasteiger partial charge in [-0.25, -0.2) is 0 Å². The van der Waals surface area contributed by atoms with Crippen molar-refractivity contribution in [3.05, 3.63) is 35.4 Å². The fraction of sp³-hybridized carbons (Fsp3) is 0.588. The number of morpholine rings is 1. The molecule has 0 aliphatic carbocycles. The van der Waals surface area contributed by atoms with Gasteiger partial charge in [-0.1, -0.05) is 12.1 Å². The molecule has 22 heavy (non-hydrogen) atoms. The van der Waals surface area contributed by atoms with Crippen molar-refractivity contribution in [3.8, 4) is 6.07 Å². The summed E-state index contributed by atoms with van der Waals surface area (Å²) in [6, 6.07) is 9.74. The molecule has 5 nitrogen and oxygen atoms in total. The molecule has 1 aromatic rings. The molecule has 2 saturated heterocycles. The van der Waals surface area contributed by atoms with Gasteiger partial charge < -0.3 is 14.6 Å². The third-order valence-corrected chi connectivity index (χ3v) is 4.48. The van der Waals surface area contributed by atoms with Crippen LogP contribution in [0.3, 0.4) is 0 Å². The summed E-state index contributed by atoms with van der Waals surface area (Å²) in [5, 5.41) is 19.7. The van der Waals surface area contributed by atoms with Gasteiger partial charge in [0.15, 0.2) is 0 Å². The van der Waals surface area contributed by atoms with E-state index in [2.05, 4.69) is 11.0 Å². The lowest BCUT2D eigenvalue weighted by Gasteiger charge is -2.40. The lowest BCUT2D eigenvalue weighted by Crippen LogP contribution is -2.50. The van der Waals surface area contributed by atoms with Crippen LogP contribution in [0.1, 0.15) is 30.1 Å². The zero-order valence-corrected chi connectivity index (χ0v) is 12.7. The molecule has 2 aliphatic heterocycles. The van der Waals surface area contributed by atoms with Crippen LogP contribution in [0, 0.1) is 11.3 Å². The van der Waals surface area contributed by atoms with E-state index in [4.69, 9.17) is 14.7 Å². The van der Waals surface area contributed by atoms with Gasteiger partial charge in [0.05, 0.1) is 29.9 Å². The zero-order valence-electron chi connectivity index (χ0n) is 12.7. The van der Waals surface area contributed by atoms with Crippen molar-refractivity contribution in [2.45, 2.75) is 24.5 Å². The van der Waals surface area contributed by atoms with Crippen LogP contribution in [0.25, 0.3) is 0 Å². The summed E-state index contributed by atoms with van der Waals surface area (Å²) in [6.07, 6.45) is 1.35. The average Bonchev–Trinajstić information content (AvgIpc) is 2.55. The second-order valence-corrected chi connectivity index (χ2v) is 6.17. The molecule has 2 aliphatic rings. The molecule has 0 aromatic heterocycles. The molecule has 0 amide bonds. The Kier molecular flexibility index (Phi) is 4.74. The molecular formula is C17H22N2O3. The van der Waals surface area contributed by atoms with E-state index < -0.39 is 5.60 Å². The summed E-state index contributed by atoms with van der Waals surface area (Å²) >= 11 is 0. The minimum Gasteiger partial charge on any atom is -0.388 e. The lowest BCUT2D eigenvalue weighted by atomic mass is 9.93. The fourth-order valence-corrected chi connectivity index (χ4v) is 3.18. The fourth-order valence-electron chi connectivity index (χ4n) is 3.18. The molecule has 2 heterocycles. The number of nitriles is 1. The molecule has 2 fully saturated rings. The van der Waals surface area contributed by atoms with E-state index in [0.29, 0.717) is 44.8 Å². The maximum Gasteiger partial charge on any atom is 0.0991 e. The van der Waals surface area contributed by atoms with E-state index in [-0.39, 0.29) is 6.10 Å². The van der Waals surface area contributed by atoms with Gasteiger partial charge in [0.2, 0.25) is 0 Å². The molecule has 0 saturated carbocycles. The number of aliphatic hydroxyl groups is 1. The summed E-state index contributed by atoms with van der Waals surface area (Å²) in [5.74, 6) is 0. The van der Waals surface area contributed by atoms with Crippen LogP contribution in [0.2, 0.25) is 0 Å². The molecule has 1 atom stereocenters. The van der Waals surface area contributed by atoms with Crippen molar-refractivity contribution in [1.29, 1.82) is 5.26 Å². The molecule has 1 N–H and O–H groups in total. The SMILES string of the molecule is N#Cc1cccc(C2CN(CC3(O)CCOCC3)CCO2)c1. The number of rotatable bonds is 3. The highest BCUT2D eigenvalue weighted by molar-refractivity contribution is 5.34. The first-order valence-corrected chi connectivity index (χ1v) is 7.83. The van der Waals surface area contributed by atoms with E-state index >= 15 is 0 Å². The van der Waals surface area contributed by atoms with E-state index in [1.807, 2.05) is 18.2 Å². The van der Waals surface area contributed by atoms with Gasteiger partial charge in [-0.2, -0.15) is 5.26 Å². The van der Waals surface area contributed by atoms with Gasteiger partial charge in [0, 0.05) is 45.7 Å². The summed E-state index contributed by atoms with van der Waals surface area (Å²) in [7, 11) is 0. The lowest BCUT2D eigenvalue weighted by molar-refractivity contribution is -0.103. The monoisotopic (exact) mass is 302 g/mol. The van der Waals surface area contributed by atoms with Crippen molar-refractivity contribution >= 4 is 0 Å². The Bertz CT molecular complexity index is 549. The standard InChI is InChI=1S/C17H22N2O3/c18-11-14-2-1-3-15(10-14)16-12-19(6-9-22-16)13-17(20)4-7-21-8-5-17/h1-3,10,16,20H,4-9,12-13H2. The molecule has 5 heteroatoms. The van der Waals surface area contributed by atoms with E-state index in [1.54, 1.807) is 6.07 Å². The second-order valence-electron chi connectivity index (χ2n) is 6.17. The van der Waals surface area contributed by atoms with Crippen molar-refractivity contribution in [3.63, 3.8) is 0 Å².